The predicted molar refractivity (Wildman–Crippen MR) is 105 cm³/mol. The Morgan fingerprint density at radius 1 is 1.04 bits per heavy atom. The number of benzene rings is 2. The van der Waals surface area contributed by atoms with E-state index >= 15 is 0 Å². The maximum atomic E-state index is 12.3. The van der Waals surface area contributed by atoms with Gasteiger partial charge in [0, 0.05) is 18.9 Å². The van der Waals surface area contributed by atoms with Gasteiger partial charge in [-0.3, -0.25) is 4.79 Å². The second-order valence-corrected chi connectivity index (χ2v) is 6.02. The summed E-state index contributed by atoms with van der Waals surface area (Å²) in [5, 5.41) is 5.98. The van der Waals surface area contributed by atoms with Crippen molar-refractivity contribution in [1.29, 1.82) is 0 Å². The summed E-state index contributed by atoms with van der Waals surface area (Å²) in [5.41, 5.74) is 3.41. The largest absolute Gasteiger partial charge is 0.492 e. The monoisotopic (exact) mass is 362 g/mol. The SMILES string of the molecule is CCOc1ccccc1Nc1ncc(C(=O)NCc2ccc(C)cc2)cn1. The van der Waals surface area contributed by atoms with Gasteiger partial charge in [-0.2, -0.15) is 0 Å². The van der Waals surface area contributed by atoms with Crippen LogP contribution in [-0.4, -0.2) is 22.5 Å². The van der Waals surface area contributed by atoms with Crippen molar-refractivity contribution < 1.29 is 9.53 Å². The Bertz CT molecular complexity index is 893. The Labute approximate surface area is 158 Å². The van der Waals surface area contributed by atoms with Gasteiger partial charge >= 0.3 is 0 Å². The van der Waals surface area contributed by atoms with Gasteiger partial charge in [0.15, 0.2) is 0 Å². The number of ether oxygens (including phenoxy) is 1. The van der Waals surface area contributed by atoms with E-state index in [0.717, 1.165) is 17.0 Å². The highest BCUT2D eigenvalue weighted by atomic mass is 16.5. The van der Waals surface area contributed by atoms with E-state index in [9.17, 15) is 4.79 Å². The van der Waals surface area contributed by atoms with Gasteiger partial charge in [0.05, 0.1) is 17.9 Å². The first kappa shape index (κ1) is 18.4. The third kappa shape index (κ3) is 5.04. The third-order valence-corrected chi connectivity index (χ3v) is 3.92. The normalized spacial score (nSPS) is 10.3. The molecule has 138 valence electrons. The standard InChI is InChI=1S/C21H22N4O2/c1-3-27-19-7-5-4-6-18(19)25-21-23-13-17(14-24-21)20(26)22-12-16-10-8-15(2)9-11-16/h4-11,13-14H,3,12H2,1-2H3,(H,22,26)(H,23,24,25). The molecule has 0 aliphatic heterocycles. The number of aryl methyl sites for hydroxylation is 1. The summed E-state index contributed by atoms with van der Waals surface area (Å²) < 4.78 is 5.57. The van der Waals surface area contributed by atoms with Crippen molar-refractivity contribution in [2.75, 3.05) is 11.9 Å². The Morgan fingerprint density at radius 3 is 2.44 bits per heavy atom. The van der Waals surface area contributed by atoms with Crippen molar-refractivity contribution in [3.8, 4) is 5.75 Å². The number of nitrogens with one attached hydrogen (secondary N) is 2. The van der Waals surface area contributed by atoms with Crippen molar-refractivity contribution in [3.05, 3.63) is 77.6 Å². The maximum absolute atomic E-state index is 12.3. The minimum atomic E-state index is -0.211. The lowest BCUT2D eigenvalue weighted by Crippen LogP contribution is -2.23. The Balaban J connectivity index is 1.61. The van der Waals surface area contributed by atoms with Gasteiger partial charge in [-0.15, -0.1) is 0 Å². The third-order valence-electron chi connectivity index (χ3n) is 3.92. The van der Waals surface area contributed by atoms with Crippen LogP contribution in [0.3, 0.4) is 0 Å². The van der Waals surface area contributed by atoms with Crippen molar-refractivity contribution in [2.24, 2.45) is 0 Å². The molecule has 2 aromatic carbocycles. The molecule has 6 heteroatoms. The average Bonchev–Trinajstić information content (AvgIpc) is 2.69. The first-order valence-electron chi connectivity index (χ1n) is 8.80. The number of hydrogen-bond acceptors (Lipinski definition) is 5. The first-order valence-corrected chi connectivity index (χ1v) is 8.80. The molecule has 0 aliphatic carbocycles. The molecule has 0 saturated carbocycles. The van der Waals surface area contributed by atoms with Gasteiger partial charge in [0.2, 0.25) is 5.95 Å². The number of carbonyl (C=O) groups excluding carboxylic acids is 1. The number of para-hydroxylation sites is 2. The molecule has 0 aliphatic rings. The summed E-state index contributed by atoms with van der Waals surface area (Å²) in [5.74, 6) is 0.914. The van der Waals surface area contributed by atoms with Crippen LogP contribution in [0, 0.1) is 6.92 Å². The summed E-state index contributed by atoms with van der Waals surface area (Å²) in [6.07, 6.45) is 3.01. The number of hydrogen-bond donors (Lipinski definition) is 2. The quantitative estimate of drug-likeness (QED) is 0.667. The fourth-order valence-corrected chi connectivity index (χ4v) is 2.47. The Morgan fingerprint density at radius 2 is 1.74 bits per heavy atom. The zero-order chi connectivity index (χ0) is 19.1. The second-order valence-electron chi connectivity index (χ2n) is 6.02. The van der Waals surface area contributed by atoms with Crippen LogP contribution >= 0.6 is 0 Å². The number of amides is 1. The second kappa shape index (κ2) is 8.80. The number of carbonyl (C=O) groups is 1. The lowest BCUT2D eigenvalue weighted by atomic mass is 10.1. The van der Waals surface area contributed by atoms with Crippen LogP contribution in [0.25, 0.3) is 0 Å². The summed E-state index contributed by atoms with van der Waals surface area (Å²) in [7, 11) is 0. The van der Waals surface area contributed by atoms with Crippen LogP contribution in [0.2, 0.25) is 0 Å². The lowest BCUT2D eigenvalue weighted by Gasteiger charge is -2.11. The Kier molecular flexibility index (Phi) is 5.99. The highest BCUT2D eigenvalue weighted by Gasteiger charge is 2.09. The van der Waals surface area contributed by atoms with Gasteiger partial charge in [-0.05, 0) is 31.5 Å². The molecule has 1 aromatic heterocycles. The molecule has 27 heavy (non-hydrogen) atoms. The van der Waals surface area contributed by atoms with Crippen LogP contribution in [0.1, 0.15) is 28.4 Å². The number of nitrogens with zero attached hydrogens (tertiary/aromatic N) is 2. The molecule has 0 spiro atoms. The minimum Gasteiger partial charge on any atom is -0.492 e. The fraction of sp³-hybridized carbons (Fsp3) is 0.190. The molecular formula is C21H22N4O2. The van der Waals surface area contributed by atoms with E-state index in [1.165, 1.54) is 18.0 Å². The molecule has 3 aromatic rings. The lowest BCUT2D eigenvalue weighted by molar-refractivity contribution is 0.0950. The van der Waals surface area contributed by atoms with Crippen molar-refractivity contribution in [3.63, 3.8) is 0 Å². The minimum absolute atomic E-state index is 0.211. The summed E-state index contributed by atoms with van der Waals surface area (Å²) in [6, 6.07) is 15.6. The first-order chi connectivity index (χ1) is 13.2. The summed E-state index contributed by atoms with van der Waals surface area (Å²) in [6.45, 7) is 4.99. The summed E-state index contributed by atoms with van der Waals surface area (Å²) >= 11 is 0. The fourth-order valence-electron chi connectivity index (χ4n) is 2.47. The van der Waals surface area contributed by atoms with Crippen molar-refractivity contribution >= 4 is 17.5 Å². The average molecular weight is 362 g/mol. The van der Waals surface area contributed by atoms with Gasteiger partial charge in [-0.25, -0.2) is 9.97 Å². The van der Waals surface area contributed by atoms with Crippen LogP contribution in [-0.2, 0) is 6.54 Å². The molecule has 0 radical (unpaired) electrons. The molecule has 0 fully saturated rings. The van der Waals surface area contributed by atoms with E-state index in [-0.39, 0.29) is 5.91 Å². The van der Waals surface area contributed by atoms with E-state index in [1.54, 1.807) is 0 Å². The summed E-state index contributed by atoms with van der Waals surface area (Å²) in [4.78, 5) is 20.7. The molecular weight excluding hydrogens is 340 g/mol. The number of anilines is 2. The maximum Gasteiger partial charge on any atom is 0.254 e. The number of aromatic nitrogens is 2. The molecule has 0 bridgehead atoms. The van der Waals surface area contributed by atoms with Crippen molar-refractivity contribution in [1.82, 2.24) is 15.3 Å². The van der Waals surface area contributed by atoms with Crippen molar-refractivity contribution in [2.45, 2.75) is 20.4 Å². The molecule has 6 nitrogen and oxygen atoms in total. The van der Waals surface area contributed by atoms with Gasteiger partial charge in [-0.1, -0.05) is 42.0 Å². The predicted octanol–water partition coefficient (Wildman–Crippen LogP) is 3.86. The molecule has 0 atom stereocenters. The van der Waals surface area contributed by atoms with Crippen LogP contribution in [0.5, 0.6) is 5.75 Å². The van der Waals surface area contributed by atoms with E-state index in [4.69, 9.17) is 4.74 Å². The van der Waals surface area contributed by atoms with Gasteiger partial charge in [0.25, 0.3) is 5.91 Å². The molecule has 1 heterocycles. The van der Waals surface area contributed by atoms with E-state index < -0.39 is 0 Å². The van der Waals surface area contributed by atoms with Gasteiger partial charge in [0.1, 0.15) is 5.75 Å². The van der Waals surface area contributed by atoms with Gasteiger partial charge < -0.3 is 15.4 Å². The Hall–Kier alpha value is -3.41. The zero-order valence-electron chi connectivity index (χ0n) is 15.4. The smallest absolute Gasteiger partial charge is 0.254 e. The molecule has 2 N–H and O–H groups in total. The topological polar surface area (TPSA) is 76.1 Å². The molecule has 3 rings (SSSR count). The highest BCUT2D eigenvalue weighted by Crippen LogP contribution is 2.25. The molecule has 1 amide bonds. The number of rotatable bonds is 7. The van der Waals surface area contributed by atoms with Crippen LogP contribution < -0.4 is 15.4 Å². The molecule has 0 unspecified atom stereocenters. The van der Waals surface area contributed by atoms with E-state index in [2.05, 4.69) is 20.6 Å². The van der Waals surface area contributed by atoms with E-state index in [1.807, 2.05) is 62.4 Å². The highest BCUT2D eigenvalue weighted by molar-refractivity contribution is 5.93. The zero-order valence-corrected chi connectivity index (χ0v) is 15.4. The van der Waals surface area contributed by atoms with E-state index in [0.29, 0.717) is 24.7 Å². The van der Waals surface area contributed by atoms with Crippen LogP contribution in [0.4, 0.5) is 11.6 Å². The molecule has 0 saturated heterocycles. The van der Waals surface area contributed by atoms with Crippen LogP contribution in [0.15, 0.2) is 60.9 Å².